The van der Waals surface area contributed by atoms with E-state index in [1.807, 2.05) is 31.1 Å². The normalized spacial score (nSPS) is 10.7. The van der Waals surface area contributed by atoms with E-state index in [1.54, 1.807) is 7.11 Å². The van der Waals surface area contributed by atoms with Gasteiger partial charge < -0.3 is 9.64 Å². The predicted octanol–water partition coefficient (Wildman–Crippen LogP) is 3.13. The molecular formula is C10H11BrN2OS. The molecule has 80 valence electrons. The Kier molecular flexibility index (Phi) is 2.84. The number of fused-ring (bicyclic) bond motifs is 1. The number of rotatable bonds is 2. The molecule has 0 unspecified atom stereocenters. The molecule has 1 aromatic carbocycles. The van der Waals surface area contributed by atoms with Gasteiger partial charge >= 0.3 is 0 Å². The minimum absolute atomic E-state index is 0.852. The highest BCUT2D eigenvalue weighted by Gasteiger charge is 2.15. The molecule has 0 N–H and O–H groups in total. The van der Waals surface area contributed by atoms with Gasteiger partial charge in [-0.15, -0.1) is 0 Å². The molecule has 2 aromatic rings. The summed E-state index contributed by atoms with van der Waals surface area (Å²) >= 11 is 4.97. The summed E-state index contributed by atoms with van der Waals surface area (Å²) in [4.78, 5) is 1.99. The Morgan fingerprint density at radius 2 is 2.13 bits per heavy atom. The van der Waals surface area contributed by atoms with Crippen molar-refractivity contribution < 1.29 is 4.74 Å². The van der Waals surface area contributed by atoms with Crippen molar-refractivity contribution in [3.8, 4) is 5.75 Å². The predicted molar refractivity (Wildman–Crippen MR) is 68.2 cm³/mol. The maximum Gasteiger partial charge on any atom is 0.153 e. The molecule has 0 amide bonds. The Hall–Kier alpha value is -0.810. The third-order valence-electron chi connectivity index (χ3n) is 2.15. The van der Waals surface area contributed by atoms with Crippen molar-refractivity contribution in [2.75, 3.05) is 26.1 Å². The molecule has 3 nitrogen and oxygen atoms in total. The number of methoxy groups -OCH3 is 1. The molecule has 1 heterocycles. The zero-order valence-corrected chi connectivity index (χ0v) is 11.1. The lowest BCUT2D eigenvalue weighted by atomic mass is 10.2. The average Bonchev–Trinajstić information content (AvgIpc) is 2.61. The minimum atomic E-state index is 0.852. The van der Waals surface area contributed by atoms with Gasteiger partial charge in [0.1, 0.15) is 5.75 Å². The lowest BCUT2D eigenvalue weighted by Gasteiger charge is -2.11. The number of nitrogens with zero attached hydrogens (tertiary/aromatic N) is 2. The van der Waals surface area contributed by atoms with E-state index in [2.05, 4.69) is 20.3 Å². The fourth-order valence-electron chi connectivity index (χ4n) is 1.47. The molecule has 2 rings (SSSR count). The van der Waals surface area contributed by atoms with E-state index in [0.717, 1.165) is 26.1 Å². The summed E-state index contributed by atoms with van der Waals surface area (Å²) in [6, 6.07) is 4.03. The van der Waals surface area contributed by atoms with Crippen molar-refractivity contribution in [2.24, 2.45) is 0 Å². The molecule has 0 atom stereocenters. The summed E-state index contributed by atoms with van der Waals surface area (Å²) in [5.74, 6) is 1.80. The number of hydrogen-bond acceptors (Lipinski definition) is 4. The van der Waals surface area contributed by atoms with Gasteiger partial charge in [0.2, 0.25) is 0 Å². The lowest BCUT2D eigenvalue weighted by molar-refractivity contribution is 0.417. The van der Waals surface area contributed by atoms with Gasteiger partial charge in [-0.2, -0.15) is 4.37 Å². The van der Waals surface area contributed by atoms with Gasteiger partial charge in [0.25, 0.3) is 0 Å². The van der Waals surface area contributed by atoms with Crippen LogP contribution in [0.15, 0.2) is 16.6 Å². The van der Waals surface area contributed by atoms with Crippen LogP contribution in [-0.4, -0.2) is 25.6 Å². The van der Waals surface area contributed by atoms with Crippen LogP contribution in [0, 0.1) is 0 Å². The number of aromatic nitrogens is 1. The van der Waals surface area contributed by atoms with E-state index in [-0.39, 0.29) is 0 Å². The van der Waals surface area contributed by atoms with Crippen LogP contribution < -0.4 is 9.64 Å². The first-order valence-corrected chi connectivity index (χ1v) is 6.01. The molecule has 0 aliphatic carbocycles. The molecule has 5 heteroatoms. The molecule has 0 fully saturated rings. The van der Waals surface area contributed by atoms with Crippen molar-refractivity contribution in [3.63, 3.8) is 0 Å². The zero-order chi connectivity index (χ0) is 11.0. The number of anilines is 1. The molecule has 0 saturated carbocycles. The van der Waals surface area contributed by atoms with Crippen LogP contribution in [0.1, 0.15) is 0 Å². The third-order valence-corrected chi connectivity index (χ3v) is 3.58. The SMILES string of the molecule is COc1c(Br)ccc2snc(N(C)C)c12. The number of ether oxygens (including phenoxy) is 1. The van der Waals surface area contributed by atoms with E-state index in [1.165, 1.54) is 11.5 Å². The van der Waals surface area contributed by atoms with Gasteiger partial charge in [-0.1, -0.05) is 0 Å². The molecule has 0 radical (unpaired) electrons. The summed E-state index contributed by atoms with van der Waals surface area (Å²) in [5, 5.41) is 1.07. The van der Waals surface area contributed by atoms with Crippen LogP contribution in [0.5, 0.6) is 5.75 Å². The van der Waals surface area contributed by atoms with Crippen LogP contribution in [0.2, 0.25) is 0 Å². The largest absolute Gasteiger partial charge is 0.495 e. The lowest BCUT2D eigenvalue weighted by Crippen LogP contribution is -2.09. The van der Waals surface area contributed by atoms with E-state index >= 15 is 0 Å². The van der Waals surface area contributed by atoms with Gasteiger partial charge in [-0.25, -0.2) is 0 Å². The highest BCUT2D eigenvalue weighted by Crippen LogP contribution is 2.40. The Balaban J connectivity index is 2.80. The van der Waals surface area contributed by atoms with E-state index in [9.17, 15) is 0 Å². The number of benzene rings is 1. The Morgan fingerprint density at radius 1 is 1.40 bits per heavy atom. The monoisotopic (exact) mass is 286 g/mol. The Labute approximate surface area is 101 Å². The second-order valence-electron chi connectivity index (χ2n) is 3.35. The topological polar surface area (TPSA) is 25.4 Å². The van der Waals surface area contributed by atoms with Crippen LogP contribution in [0.4, 0.5) is 5.82 Å². The maximum atomic E-state index is 5.40. The highest BCUT2D eigenvalue weighted by molar-refractivity contribution is 9.10. The summed E-state index contributed by atoms with van der Waals surface area (Å²) in [6.45, 7) is 0. The van der Waals surface area contributed by atoms with Crippen LogP contribution >= 0.6 is 27.5 Å². The minimum Gasteiger partial charge on any atom is -0.495 e. The van der Waals surface area contributed by atoms with Gasteiger partial charge in [0.15, 0.2) is 5.82 Å². The zero-order valence-electron chi connectivity index (χ0n) is 8.74. The average molecular weight is 287 g/mol. The van der Waals surface area contributed by atoms with Gasteiger partial charge in [0, 0.05) is 14.1 Å². The third kappa shape index (κ3) is 1.70. The first-order chi connectivity index (χ1) is 7.15. The van der Waals surface area contributed by atoms with E-state index in [0.29, 0.717) is 0 Å². The molecule has 0 spiro atoms. The van der Waals surface area contributed by atoms with Crippen molar-refractivity contribution >= 4 is 43.4 Å². The fourth-order valence-corrected chi connectivity index (χ4v) is 2.81. The second-order valence-corrected chi connectivity index (χ2v) is 5.01. The quantitative estimate of drug-likeness (QED) is 0.848. The summed E-state index contributed by atoms with van der Waals surface area (Å²) in [6.07, 6.45) is 0. The van der Waals surface area contributed by atoms with Gasteiger partial charge in [-0.3, -0.25) is 0 Å². The molecular weight excluding hydrogens is 276 g/mol. The summed E-state index contributed by atoms with van der Waals surface area (Å²) < 4.78 is 11.9. The smallest absolute Gasteiger partial charge is 0.153 e. The van der Waals surface area contributed by atoms with Crippen molar-refractivity contribution in [3.05, 3.63) is 16.6 Å². The second kappa shape index (κ2) is 3.98. The van der Waals surface area contributed by atoms with Gasteiger partial charge in [-0.05, 0) is 39.6 Å². The molecule has 0 saturated heterocycles. The van der Waals surface area contributed by atoms with Crippen LogP contribution in [-0.2, 0) is 0 Å². The number of hydrogen-bond donors (Lipinski definition) is 0. The van der Waals surface area contributed by atoms with Crippen LogP contribution in [0.25, 0.3) is 10.1 Å². The molecule has 15 heavy (non-hydrogen) atoms. The first-order valence-electron chi connectivity index (χ1n) is 4.44. The van der Waals surface area contributed by atoms with E-state index < -0.39 is 0 Å². The van der Waals surface area contributed by atoms with Crippen molar-refractivity contribution in [2.45, 2.75) is 0 Å². The van der Waals surface area contributed by atoms with Crippen molar-refractivity contribution in [1.29, 1.82) is 0 Å². The van der Waals surface area contributed by atoms with Crippen LogP contribution in [0.3, 0.4) is 0 Å². The fraction of sp³-hybridized carbons (Fsp3) is 0.300. The van der Waals surface area contributed by atoms with Gasteiger partial charge in [0.05, 0.1) is 21.7 Å². The first kappa shape index (κ1) is 10.7. The standard InChI is InChI=1S/C10H11BrN2OS/c1-13(2)10-8-7(15-12-10)5-4-6(11)9(8)14-3/h4-5H,1-3H3. The maximum absolute atomic E-state index is 5.40. The summed E-state index contributed by atoms with van der Waals surface area (Å²) in [7, 11) is 5.64. The Bertz CT molecular complexity index is 495. The number of halogens is 1. The summed E-state index contributed by atoms with van der Waals surface area (Å²) in [5.41, 5.74) is 0. The molecule has 0 aliphatic heterocycles. The highest BCUT2D eigenvalue weighted by atomic mass is 79.9. The Morgan fingerprint density at radius 3 is 2.73 bits per heavy atom. The molecule has 0 aliphatic rings. The molecule has 0 bridgehead atoms. The van der Waals surface area contributed by atoms with E-state index in [4.69, 9.17) is 4.74 Å². The molecule has 1 aromatic heterocycles. The van der Waals surface area contributed by atoms with Crippen molar-refractivity contribution in [1.82, 2.24) is 4.37 Å².